The minimum atomic E-state index is 0.602. The van der Waals surface area contributed by atoms with Gasteiger partial charge in [0.05, 0.1) is 19.4 Å². The van der Waals surface area contributed by atoms with E-state index in [1.807, 2.05) is 22.6 Å². The average Bonchev–Trinajstić information content (AvgIpc) is 3.35. The van der Waals surface area contributed by atoms with Gasteiger partial charge in [0.15, 0.2) is 23.1 Å². The van der Waals surface area contributed by atoms with Crippen molar-refractivity contribution in [3.05, 3.63) is 41.9 Å². The number of nitrogens with one attached hydrogen (secondary N) is 1. The quantitative estimate of drug-likeness (QED) is 0.815. The first-order valence-electron chi connectivity index (χ1n) is 7.77. The summed E-state index contributed by atoms with van der Waals surface area (Å²) in [6, 6.07) is 0. The SMILES string of the molecule is COc1cnc(N2C=CCCC2)nc1NC1=N[NH2+]C(C2=CC2)=C1. The predicted molar refractivity (Wildman–Crippen MR) is 88.1 cm³/mol. The van der Waals surface area contributed by atoms with Crippen molar-refractivity contribution in [1.82, 2.24) is 9.97 Å². The van der Waals surface area contributed by atoms with Crippen LogP contribution in [0.25, 0.3) is 0 Å². The molecule has 0 fully saturated rings. The molecule has 0 saturated heterocycles. The number of nitrogens with two attached hydrogens (primary N) is 1. The first kappa shape index (κ1) is 14.0. The molecule has 7 heteroatoms. The number of hydrogen-bond acceptors (Lipinski definition) is 6. The molecule has 3 N–H and O–H groups in total. The summed E-state index contributed by atoms with van der Waals surface area (Å²) in [5.74, 6) is 2.67. The molecule has 0 aromatic carbocycles. The Hall–Kier alpha value is -2.67. The number of aromatic nitrogens is 2. The van der Waals surface area contributed by atoms with E-state index in [-0.39, 0.29) is 0 Å². The Bertz CT molecular complexity index is 749. The highest BCUT2D eigenvalue weighted by Gasteiger charge is 2.23. The van der Waals surface area contributed by atoms with Crippen LogP contribution in [0, 0.1) is 0 Å². The number of quaternary nitrogens is 1. The van der Waals surface area contributed by atoms with Crippen molar-refractivity contribution in [2.45, 2.75) is 19.3 Å². The topological polar surface area (TPSA) is 79.2 Å². The minimum Gasteiger partial charge on any atom is -0.491 e. The Morgan fingerprint density at radius 1 is 1.39 bits per heavy atom. The van der Waals surface area contributed by atoms with Crippen LogP contribution in [0.5, 0.6) is 5.75 Å². The van der Waals surface area contributed by atoms with E-state index in [1.165, 1.54) is 11.3 Å². The first-order valence-corrected chi connectivity index (χ1v) is 7.77. The van der Waals surface area contributed by atoms with Gasteiger partial charge in [-0.1, -0.05) is 17.3 Å². The number of nitrogens with zero attached hydrogens (tertiary/aromatic N) is 4. The molecule has 4 rings (SSSR count). The maximum absolute atomic E-state index is 5.36. The van der Waals surface area contributed by atoms with Crippen LogP contribution in [-0.4, -0.2) is 29.5 Å². The Balaban J connectivity index is 1.57. The van der Waals surface area contributed by atoms with E-state index in [4.69, 9.17) is 4.74 Å². The van der Waals surface area contributed by atoms with Crippen LogP contribution in [-0.2, 0) is 0 Å². The van der Waals surface area contributed by atoms with Gasteiger partial charge >= 0.3 is 0 Å². The lowest BCUT2D eigenvalue weighted by molar-refractivity contribution is -0.605. The van der Waals surface area contributed by atoms with E-state index < -0.39 is 0 Å². The molecular formula is C16H19N6O+. The van der Waals surface area contributed by atoms with Crippen molar-refractivity contribution in [1.29, 1.82) is 0 Å². The van der Waals surface area contributed by atoms with Gasteiger partial charge in [-0.15, -0.1) is 0 Å². The third-order valence-electron chi connectivity index (χ3n) is 3.93. The molecule has 0 spiro atoms. The maximum atomic E-state index is 5.36. The van der Waals surface area contributed by atoms with Gasteiger partial charge in [0.25, 0.3) is 0 Å². The van der Waals surface area contributed by atoms with Gasteiger partial charge in [-0.3, -0.25) is 0 Å². The fourth-order valence-electron chi connectivity index (χ4n) is 2.57. The van der Waals surface area contributed by atoms with Crippen LogP contribution in [0.15, 0.2) is 47.0 Å². The summed E-state index contributed by atoms with van der Waals surface area (Å²) < 4.78 is 5.36. The van der Waals surface area contributed by atoms with E-state index >= 15 is 0 Å². The van der Waals surface area contributed by atoms with E-state index in [0.717, 1.165) is 31.6 Å². The van der Waals surface area contributed by atoms with Crippen LogP contribution in [0.1, 0.15) is 19.3 Å². The number of ether oxygens (including phenoxy) is 1. The molecule has 7 nitrogen and oxygen atoms in total. The van der Waals surface area contributed by atoms with Gasteiger partial charge in [0, 0.05) is 18.3 Å². The summed E-state index contributed by atoms with van der Waals surface area (Å²) in [5.41, 5.74) is 4.39. The molecule has 2 aliphatic heterocycles. The number of amidine groups is 1. The van der Waals surface area contributed by atoms with Gasteiger partial charge in [0.2, 0.25) is 5.95 Å². The predicted octanol–water partition coefficient (Wildman–Crippen LogP) is 1.12. The third-order valence-corrected chi connectivity index (χ3v) is 3.93. The Labute approximate surface area is 134 Å². The third kappa shape index (κ3) is 2.95. The number of methoxy groups -OCH3 is 1. The lowest BCUT2D eigenvalue weighted by Gasteiger charge is -2.22. The average molecular weight is 311 g/mol. The molecular weight excluding hydrogens is 292 g/mol. The van der Waals surface area contributed by atoms with E-state index in [9.17, 15) is 0 Å². The first-order chi connectivity index (χ1) is 11.3. The molecule has 0 radical (unpaired) electrons. The monoisotopic (exact) mass is 311 g/mol. The second kappa shape index (κ2) is 5.85. The zero-order valence-corrected chi connectivity index (χ0v) is 13.0. The second-order valence-corrected chi connectivity index (χ2v) is 5.61. The highest BCUT2D eigenvalue weighted by molar-refractivity contribution is 6.05. The van der Waals surface area contributed by atoms with Crippen molar-refractivity contribution in [2.24, 2.45) is 5.10 Å². The van der Waals surface area contributed by atoms with Gasteiger partial charge in [-0.05, 0) is 19.3 Å². The molecule has 0 saturated carbocycles. The molecule has 3 aliphatic rings. The number of hydrogen-bond donors (Lipinski definition) is 2. The molecule has 0 atom stereocenters. The molecule has 1 aliphatic carbocycles. The van der Waals surface area contributed by atoms with Crippen molar-refractivity contribution in [2.75, 3.05) is 23.9 Å². The normalized spacial score (nSPS) is 19.2. The van der Waals surface area contributed by atoms with Crippen LogP contribution in [0.3, 0.4) is 0 Å². The lowest BCUT2D eigenvalue weighted by Crippen LogP contribution is -2.74. The van der Waals surface area contributed by atoms with Crippen molar-refractivity contribution in [3.63, 3.8) is 0 Å². The van der Waals surface area contributed by atoms with Crippen LogP contribution in [0.2, 0.25) is 0 Å². The summed E-state index contributed by atoms with van der Waals surface area (Å²) in [7, 11) is 1.61. The highest BCUT2D eigenvalue weighted by Crippen LogP contribution is 2.26. The van der Waals surface area contributed by atoms with Gasteiger partial charge in [-0.2, -0.15) is 10.4 Å². The van der Waals surface area contributed by atoms with Crippen molar-refractivity contribution >= 4 is 17.6 Å². The molecule has 118 valence electrons. The van der Waals surface area contributed by atoms with E-state index in [1.54, 1.807) is 13.3 Å². The summed E-state index contributed by atoms with van der Waals surface area (Å²) in [6.45, 7) is 0.926. The Morgan fingerprint density at radius 2 is 2.30 bits per heavy atom. The molecule has 23 heavy (non-hydrogen) atoms. The summed E-state index contributed by atoms with van der Waals surface area (Å²) in [5, 5.41) is 7.64. The largest absolute Gasteiger partial charge is 0.491 e. The van der Waals surface area contributed by atoms with Gasteiger partial charge in [0.1, 0.15) is 0 Å². The lowest BCUT2D eigenvalue weighted by atomic mass is 10.2. The molecule has 0 bridgehead atoms. The Morgan fingerprint density at radius 3 is 3.04 bits per heavy atom. The smallest absolute Gasteiger partial charge is 0.231 e. The maximum Gasteiger partial charge on any atom is 0.231 e. The van der Waals surface area contributed by atoms with Crippen LogP contribution in [0.4, 0.5) is 11.8 Å². The fourth-order valence-corrected chi connectivity index (χ4v) is 2.57. The summed E-state index contributed by atoms with van der Waals surface area (Å²) >= 11 is 0. The van der Waals surface area contributed by atoms with Crippen LogP contribution < -0.4 is 20.4 Å². The zero-order chi connectivity index (χ0) is 15.6. The van der Waals surface area contributed by atoms with E-state index in [2.05, 4.69) is 32.5 Å². The number of rotatable bonds is 4. The minimum absolute atomic E-state index is 0.602. The van der Waals surface area contributed by atoms with Crippen molar-refractivity contribution < 1.29 is 10.2 Å². The number of allylic oxidation sites excluding steroid dienone is 3. The summed E-state index contributed by atoms with van der Waals surface area (Å²) in [4.78, 5) is 11.0. The highest BCUT2D eigenvalue weighted by atomic mass is 16.5. The van der Waals surface area contributed by atoms with E-state index in [0.29, 0.717) is 17.5 Å². The van der Waals surface area contributed by atoms with Crippen LogP contribution >= 0.6 is 0 Å². The van der Waals surface area contributed by atoms with Gasteiger partial charge in [-0.25, -0.2) is 4.98 Å². The summed E-state index contributed by atoms with van der Waals surface area (Å²) in [6.07, 6.45) is 13.4. The van der Waals surface area contributed by atoms with Gasteiger partial charge < -0.3 is 15.0 Å². The fraction of sp³-hybridized carbons (Fsp3) is 0.312. The Kier molecular flexibility index (Phi) is 3.55. The molecule has 1 aromatic heterocycles. The van der Waals surface area contributed by atoms with Crippen molar-refractivity contribution in [3.8, 4) is 5.75 Å². The second-order valence-electron chi connectivity index (χ2n) is 5.61. The standard InChI is InChI=1S/C16H18N6O/c1-23-13-10-17-16(22-7-3-2-4-8-22)19-15(13)18-14-9-12(20-21-14)11-5-6-11/h3,5,7,9-10H,2,4,6,8H2,1H3,(H2,17,18,19,20,21)/p+1. The molecule has 3 heterocycles. The molecule has 1 aromatic rings. The zero-order valence-electron chi connectivity index (χ0n) is 13.0. The molecule has 0 unspecified atom stereocenters. The number of anilines is 2. The molecule has 0 amide bonds.